The first-order valence-electron chi connectivity index (χ1n) is 14.2. The molecule has 1 aromatic heterocycles. The quantitative estimate of drug-likeness (QED) is 0.270. The highest BCUT2D eigenvalue weighted by Crippen LogP contribution is 2.30. The van der Waals surface area contributed by atoms with E-state index >= 15 is 0 Å². The van der Waals surface area contributed by atoms with Crippen LogP contribution in [0.4, 0.5) is 23.7 Å². The number of piperazine rings is 1. The van der Waals surface area contributed by atoms with Crippen LogP contribution in [0.2, 0.25) is 0 Å². The number of hydrogen-bond donors (Lipinski definition) is 3. The molecule has 18 heteroatoms. The third-order valence-corrected chi connectivity index (χ3v) is 8.04. The lowest BCUT2D eigenvalue weighted by molar-refractivity contribution is -0.138. The van der Waals surface area contributed by atoms with Crippen LogP contribution < -0.4 is 14.8 Å². The number of para-hydroxylation sites is 1. The summed E-state index contributed by atoms with van der Waals surface area (Å²) < 4.78 is 73.3. The normalized spacial score (nSPS) is 14.3. The zero-order chi connectivity index (χ0) is 34.4. The van der Waals surface area contributed by atoms with E-state index in [-0.39, 0.29) is 56.4 Å². The number of carbonyl (C=O) groups is 4. The van der Waals surface area contributed by atoms with Crippen molar-refractivity contribution >= 4 is 50.5 Å². The van der Waals surface area contributed by atoms with Gasteiger partial charge in [0.15, 0.2) is 0 Å². The van der Waals surface area contributed by atoms with E-state index in [1.165, 1.54) is 20.6 Å². The molecule has 0 spiro atoms. The van der Waals surface area contributed by atoms with Crippen LogP contribution in [0.3, 0.4) is 0 Å². The number of aromatic nitrogens is 1. The Morgan fingerprint density at radius 2 is 1.64 bits per heavy atom. The average molecular weight is 682 g/mol. The predicted molar refractivity (Wildman–Crippen MR) is 160 cm³/mol. The van der Waals surface area contributed by atoms with Crippen molar-refractivity contribution in [1.29, 1.82) is 0 Å². The molecule has 3 N–H and O–H groups in total. The van der Waals surface area contributed by atoms with E-state index in [1.807, 2.05) is 0 Å². The number of ether oxygens (including phenoxy) is 2. The average Bonchev–Trinajstić information content (AvgIpc) is 3.02. The first kappa shape index (κ1) is 34.7. The van der Waals surface area contributed by atoms with Crippen LogP contribution in [0.15, 0.2) is 54.6 Å². The molecule has 0 aliphatic carbocycles. The maximum atomic E-state index is 13.7. The molecular formula is C29H30F3N5O9S. The number of carboxylic acids is 1. The minimum absolute atomic E-state index is 0.0187. The Morgan fingerprint density at radius 1 is 1.00 bits per heavy atom. The van der Waals surface area contributed by atoms with Gasteiger partial charge in [0.2, 0.25) is 11.8 Å². The highest BCUT2D eigenvalue weighted by molar-refractivity contribution is 7.93. The smallest absolute Gasteiger partial charge is 0.481 e. The van der Waals surface area contributed by atoms with Crippen LogP contribution in [-0.4, -0.2) is 96.5 Å². The number of halogens is 3. The standard InChI is InChI=1S/C29H30F3N5O9S/c1-2-45-28(42)37-15-13-36(14-16-37)27(41)23(11-12-24(38)39)33-25(40)21-17-18-5-3-4-6-22(18)34-26(21)46-20-9-7-19(8-10-20)35-47(43,44)29(30,31)32/h3-10,17,23,35H,2,11-16H2,1H3,(H,33,40)(H,38,39). The number of carboxylic acid groups (broad SMARTS) is 1. The minimum Gasteiger partial charge on any atom is -0.481 e. The van der Waals surface area contributed by atoms with Crippen molar-refractivity contribution < 1.29 is 55.3 Å². The number of sulfonamides is 1. The van der Waals surface area contributed by atoms with E-state index in [0.717, 1.165) is 24.3 Å². The summed E-state index contributed by atoms with van der Waals surface area (Å²) in [5, 5.41) is 12.4. The zero-order valence-corrected chi connectivity index (χ0v) is 25.6. The van der Waals surface area contributed by atoms with Gasteiger partial charge in [0.05, 0.1) is 12.1 Å². The topological polar surface area (TPSA) is 185 Å². The molecule has 1 unspecified atom stereocenters. The number of rotatable bonds is 11. The Hall–Kier alpha value is -5.13. The first-order chi connectivity index (χ1) is 22.2. The monoisotopic (exact) mass is 681 g/mol. The molecule has 0 radical (unpaired) electrons. The lowest BCUT2D eigenvalue weighted by Gasteiger charge is -2.36. The van der Waals surface area contributed by atoms with E-state index in [9.17, 15) is 45.9 Å². The fourth-order valence-corrected chi connectivity index (χ4v) is 5.12. The Balaban J connectivity index is 1.57. The Labute approximate surface area is 266 Å². The fourth-order valence-electron chi connectivity index (χ4n) is 4.56. The second kappa shape index (κ2) is 14.5. The number of fused-ring (bicyclic) bond motifs is 1. The highest BCUT2D eigenvalue weighted by Gasteiger charge is 2.46. The van der Waals surface area contributed by atoms with Crippen LogP contribution in [0.5, 0.6) is 11.6 Å². The molecule has 0 saturated carbocycles. The van der Waals surface area contributed by atoms with Crippen molar-refractivity contribution in [2.45, 2.75) is 31.3 Å². The Kier molecular flexibility index (Phi) is 10.7. The van der Waals surface area contributed by atoms with Gasteiger partial charge >= 0.3 is 27.6 Å². The number of hydrogen-bond acceptors (Lipinski definition) is 9. The molecule has 4 rings (SSSR count). The lowest BCUT2D eigenvalue weighted by atomic mass is 10.1. The van der Waals surface area contributed by atoms with Gasteiger partial charge in [-0.05, 0) is 49.7 Å². The van der Waals surface area contributed by atoms with Crippen LogP contribution in [0.25, 0.3) is 10.9 Å². The number of amides is 3. The molecule has 252 valence electrons. The second-order valence-electron chi connectivity index (χ2n) is 10.2. The van der Waals surface area contributed by atoms with Gasteiger partial charge in [-0.2, -0.15) is 21.6 Å². The van der Waals surface area contributed by atoms with Crippen molar-refractivity contribution in [1.82, 2.24) is 20.1 Å². The summed E-state index contributed by atoms with van der Waals surface area (Å²) in [6.45, 7) is 2.45. The summed E-state index contributed by atoms with van der Waals surface area (Å²) >= 11 is 0. The summed E-state index contributed by atoms with van der Waals surface area (Å²) in [5.41, 5.74) is -5.67. The van der Waals surface area contributed by atoms with E-state index in [4.69, 9.17) is 9.47 Å². The van der Waals surface area contributed by atoms with Gasteiger partial charge in [-0.1, -0.05) is 18.2 Å². The molecule has 2 aromatic carbocycles. The maximum absolute atomic E-state index is 13.7. The van der Waals surface area contributed by atoms with Crippen LogP contribution >= 0.6 is 0 Å². The van der Waals surface area contributed by atoms with Crippen molar-refractivity contribution in [3.8, 4) is 11.6 Å². The number of aliphatic carboxylic acids is 1. The lowest BCUT2D eigenvalue weighted by Crippen LogP contribution is -2.56. The van der Waals surface area contributed by atoms with E-state index in [2.05, 4.69) is 10.3 Å². The number of anilines is 1. The minimum atomic E-state index is -5.66. The molecule has 1 aliphatic rings. The Morgan fingerprint density at radius 3 is 2.26 bits per heavy atom. The molecular weight excluding hydrogens is 651 g/mol. The fraction of sp³-hybridized carbons (Fsp3) is 0.345. The van der Waals surface area contributed by atoms with Crippen molar-refractivity contribution in [2.24, 2.45) is 0 Å². The second-order valence-corrected chi connectivity index (χ2v) is 11.9. The number of nitrogens with zero attached hydrogens (tertiary/aromatic N) is 3. The number of pyridine rings is 1. The molecule has 14 nitrogen and oxygen atoms in total. The molecule has 0 bridgehead atoms. The number of carbonyl (C=O) groups excluding carboxylic acids is 3. The van der Waals surface area contributed by atoms with Crippen molar-refractivity contribution in [2.75, 3.05) is 37.5 Å². The molecule has 47 heavy (non-hydrogen) atoms. The van der Waals surface area contributed by atoms with Gasteiger partial charge in [-0.3, -0.25) is 19.1 Å². The maximum Gasteiger partial charge on any atom is 0.516 e. The number of nitrogens with one attached hydrogen (secondary N) is 2. The number of alkyl halides is 3. The molecule has 1 saturated heterocycles. The largest absolute Gasteiger partial charge is 0.516 e. The van der Waals surface area contributed by atoms with Crippen molar-refractivity contribution in [3.63, 3.8) is 0 Å². The van der Waals surface area contributed by atoms with Crippen LogP contribution in [0.1, 0.15) is 30.1 Å². The first-order valence-corrected chi connectivity index (χ1v) is 15.7. The molecule has 1 fully saturated rings. The van der Waals surface area contributed by atoms with E-state index in [0.29, 0.717) is 10.9 Å². The third-order valence-electron chi connectivity index (χ3n) is 6.93. The molecule has 2 heterocycles. The molecule has 3 amide bonds. The van der Waals surface area contributed by atoms with Crippen LogP contribution in [-0.2, 0) is 24.3 Å². The number of benzene rings is 2. The van der Waals surface area contributed by atoms with E-state index in [1.54, 1.807) is 31.2 Å². The van der Waals surface area contributed by atoms with Crippen molar-refractivity contribution in [3.05, 3.63) is 60.2 Å². The Bertz CT molecular complexity index is 1750. The molecule has 1 atom stereocenters. The summed E-state index contributed by atoms with van der Waals surface area (Å²) in [6.07, 6.45) is -1.21. The SMILES string of the molecule is CCOC(=O)N1CCN(C(=O)C(CCC(=O)O)NC(=O)c2cc3ccccc3nc2Oc2ccc(NS(=O)(=O)C(F)(F)F)cc2)CC1. The third kappa shape index (κ3) is 8.78. The highest BCUT2D eigenvalue weighted by atomic mass is 32.2. The summed E-state index contributed by atoms with van der Waals surface area (Å²) in [6, 6.07) is 11.2. The van der Waals surface area contributed by atoms with Gasteiger partial charge in [0.25, 0.3) is 5.91 Å². The summed E-state index contributed by atoms with van der Waals surface area (Å²) in [4.78, 5) is 57.8. The molecule has 3 aromatic rings. The molecule has 1 aliphatic heterocycles. The van der Waals surface area contributed by atoms with Gasteiger partial charge in [-0.25, -0.2) is 9.78 Å². The van der Waals surface area contributed by atoms with E-state index < -0.39 is 57.6 Å². The van der Waals surface area contributed by atoms with Gasteiger partial charge in [0, 0.05) is 43.7 Å². The van der Waals surface area contributed by atoms with Gasteiger partial charge in [0.1, 0.15) is 17.4 Å². The van der Waals surface area contributed by atoms with Gasteiger partial charge in [-0.15, -0.1) is 0 Å². The summed E-state index contributed by atoms with van der Waals surface area (Å²) in [5.74, 6) is -2.86. The predicted octanol–water partition coefficient (Wildman–Crippen LogP) is 3.55. The van der Waals surface area contributed by atoms with Gasteiger partial charge < -0.3 is 29.7 Å². The zero-order valence-electron chi connectivity index (χ0n) is 24.8. The van der Waals surface area contributed by atoms with Crippen LogP contribution in [0, 0.1) is 0 Å². The summed E-state index contributed by atoms with van der Waals surface area (Å²) in [7, 11) is -5.66.